The number of nitrogens with zero attached hydrogens (tertiary/aromatic N) is 1. The first kappa shape index (κ1) is 18.5. The van der Waals surface area contributed by atoms with Gasteiger partial charge in [0, 0.05) is 24.5 Å². The van der Waals surface area contributed by atoms with Gasteiger partial charge in [0.25, 0.3) is 0 Å². The topological polar surface area (TPSA) is 52.5 Å². The number of carbonyl (C=O) groups is 1. The SMILES string of the molecule is COc1ccc(CCC(=O)Nc2cc(-n3cccc3)ccc2F)cc1OC. The van der Waals surface area contributed by atoms with E-state index < -0.39 is 5.82 Å². The number of ether oxygens (including phenoxy) is 2. The first-order valence-corrected chi connectivity index (χ1v) is 8.54. The fraction of sp³-hybridized carbons (Fsp3) is 0.190. The summed E-state index contributed by atoms with van der Waals surface area (Å²) in [5.41, 5.74) is 1.87. The summed E-state index contributed by atoms with van der Waals surface area (Å²) in [7, 11) is 3.14. The zero-order valence-electron chi connectivity index (χ0n) is 15.2. The summed E-state index contributed by atoms with van der Waals surface area (Å²) in [6.07, 6.45) is 4.44. The van der Waals surface area contributed by atoms with Gasteiger partial charge in [-0.25, -0.2) is 4.39 Å². The Labute approximate surface area is 157 Å². The van der Waals surface area contributed by atoms with Crippen LogP contribution in [-0.2, 0) is 11.2 Å². The number of hydrogen-bond donors (Lipinski definition) is 1. The number of halogens is 1. The lowest BCUT2D eigenvalue weighted by Gasteiger charge is -2.11. The minimum atomic E-state index is -0.467. The molecule has 0 unspecified atom stereocenters. The number of rotatable bonds is 7. The Morgan fingerprint density at radius 2 is 1.78 bits per heavy atom. The summed E-state index contributed by atoms with van der Waals surface area (Å²) >= 11 is 0. The molecular formula is C21H21FN2O3. The fourth-order valence-corrected chi connectivity index (χ4v) is 2.78. The third-order valence-corrected chi connectivity index (χ3v) is 4.22. The van der Waals surface area contributed by atoms with Gasteiger partial charge in [0.15, 0.2) is 11.5 Å². The molecule has 0 aliphatic carbocycles. The van der Waals surface area contributed by atoms with Crippen LogP contribution in [0.5, 0.6) is 11.5 Å². The Kier molecular flexibility index (Phi) is 5.76. The number of methoxy groups -OCH3 is 2. The molecule has 140 valence electrons. The maximum atomic E-state index is 14.1. The molecule has 0 atom stereocenters. The van der Waals surface area contributed by atoms with Crippen LogP contribution >= 0.6 is 0 Å². The number of hydrogen-bond acceptors (Lipinski definition) is 3. The molecule has 0 aliphatic rings. The van der Waals surface area contributed by atoms with Gasteiger partial charge >= 0.3 is 0 Å². The van der Waals surface area contributed by atoms with Gasteiger partial charge < -0.3 is 19.4 Å². The van der Waals surface area contributed by atoms with E-state index in [4.69, 9.17) is 9.47 Å². The Balaban J connectivity index is 1.65. The second kappa shape index (κ2) is 8.40. The van der Waals surface area contributed by atoms with Gasteiger partial charge in [-0.3, -0.25) is 4.79 Å². The van der Waals surface area contributed by atoms with Gasteiger partial charge in [-0.1, -0.05) is 6.07 Å². The second-order valence-corrected chi connectivity index (χ2v) is 5.99. The Morgan fingerprint density at radius 3 is 2.48 bits per heavy atom. The lowest BCUT2D eigenvalue weighted by atomic mass is 10.1. The Hall–Kier alpha value is -3.28. The van der Waals surface area contributed by atoms with Crippen LogP contribution in [0.1, 0.15) is 12.0 Å². The van der Waals surface area contributed by atoms with E-state index in [9.17, 15) is 9.18 Å². The predicted octanol–water partition coefficient (Wildman–Crippen LogP) is 4.20. The molecule has 1 heterocycles. The number of anilines is 1. The van der Waals surface area contributed by atoms with E-state index in [0.29, 0.717) is 17.9 Å². The molecule has 27 heavy (non-hydrogen) atoms. The van der Waals surface area contributed by atoms with Gasteiger partial charge in [-0.05, 0) is 54.4 Å². The highest BCUT2D eigenvalue weighted by molar-refractivity contribution is 5.91. The van der Waals surface area contributed by atoms with Crippen LogP contribution in [0.4, 0.5) is 10.1 Å². The molecule has 6 heteroatoms. The monoisotopic (exact) mass is 368 g/mol. The van der Waals surface area contributed by atoms with Crippen LogP contribution in [-0.4, -0.2) is 24.7 Å². The number of aromatic nitrogens is 1. The zero-order valence-corrected chi connectivity index (χ0v) is 15.2. The number of aryl methyl sites for hydroxylation is 1. The molecular weight excluding hydrogens is 347 g/mol. The lowest BCUT2D eigenvalue weighted by molar-refractivity contribution is -0.116. The van der Waals surface area contributed by atoms with E-state index in [-0.39, 0.29) is 18.0 Å². The standard InChI is InChI=1S/C21H21FN2O3/c1-26-19-9-5-15(13-20(19)27-2)6-10-21(25)23-18-14-16(7-8-17(18)22)24-11-3-4-12-24/h3-5,7-9,11-14H,6,10H2,1-2H3,(H,23,25). The number of benzene rings is 2. The summed E-state index contributed by atoms with van der Waals surface area (Å²) < 4.78 is 26.4. The quantitative estimate of drug-likeness (QED) is 0.680. The minimum absolute atomic E-state index is 0.165. The average molecular weight is 368 g/mol. The second-order valence-electron chi connectivity index (χ2n) is 5.99. The third-order valence-electron chi connectivity index (χ3n) is 4.22. The van der Waals surface area contributed by atoms with Crippen LogP contribution in [0.2, 0.25) is 0 Å². The summed E-state index contributed by atoms with van der Waals surface area (Å²) in [5, 5.41) is 2.65. The molecule has 0 fully saturated rings. The predicted molar refractivity (Wildman–Crippen MR) is 102 cm³/mol. The highest BCUT2D eigenvalue weighted by Crippen LogP contribution is 2.28. The van der Waals surface area contributed by atoms with Crippen molar-refractivity contribution in [2.24, 2.45) is 0 Å². The van der Waals surface area contributed by atoms with Gasteiger partial charge in [-0.2, -0.15) is 0 Å². The Bertz CT molecular complexity index is 923. The molecule has 3 rings (SSSR count). The van der Waals surface area contributed by atoms with Crippen LogP contribution in [0, 0.1) is 5.82 Å². The summed E-state index contributed by atoms with van der Waals surface area (Å²) in [5.74, 6) is 0.522. The summed E-state index contributed by atoms with van der Waals surface area (Å²) in [6, 6.07) is 13.9. The van der Waals surface area contributed by atoms with Crippen LogP contribution in [0.3, 0.4) is 0 Å². The first-order chi connectivity index (χ1) is 13.1. The van der Waals surface area contributed by atoms with Gasteiger partial charge in [-0.15, -0.1) is 0 Å². The third kappa shape index (κ3) is 4.47. The molecule has 1 aromatic heterocycles. The molecule has 5 nitrogen and oxygen atoms in total. The molecule has 0 radical (unpaired) electrons. The van der Waals surface area contributed by atoms with Crippen molar-refractivity contribution in [3.63, 3.8) is 0 Å². The van der Waals surface area contributed by atoms with Gasteiger partial charge in [0.1, 0.15) is 5.82 Å². The highest BCUT2D eigenvalue weighted by Gasteiger charge is 2.10. The largest absolute Gasteiger partial charge is 0.493 e. The van der Waals surface area contributed by atoms with E-state index in [1.807, 2.05) is 41.2 Å². The first-order valence-electron chi connectivity index (χ1n) is 8.54. The van der Waals surface area contributed by atoms with E-state index in [1.54, 1.807) is 32.4 Å². The number of nitrogens with one attached hydrogen (secondary N) is 1. The minimum Gasteiger partial charge on any atom is -0.493 e. The molecule has 0 aliphatic heterocycles. The number of carbonyl (C=O) groups excluding carboxylic acids is 1. The maximum absolute atomic E-state index is 14.1. The fourth-order valence-electron chi connectivity index (χ4n) is 2.78. The molecule has 0 saturated heterocycles. The van der Waals surface area contributed by atoms with E-state index in [1.165, 1.54) is 6.07 Å². The summed E-state index contributed by atoms with van der Waals surface area (Å²) in [4.78, 5) is 12.3. The van der Waals surface area contributed by atoms with Crippen molar-refractivity contribution in [3.05, 3.63) is 72.3 Å². The highest BCUT2D eigenvalue weighted by atomic mass is 19.1. The Morgan fingerprint density at radius 1 is 1.04 bits per heavy atom. The normalized spacial score (nSPS) is 10.5. The molecule has 2 aromatic carbocycles. The average Bonchev–Trinajstić information content (AvgIpc) is 3.22. The van der Waals surface area contributed by atoms with Crippen molar-refractivity contribution < 1.29 is 18.7 Å². The van der Waals surface area contributed by atoms with E-state index in [0.717, 1.165) is 11.3 Å². The molecule has 0 saturated carbocycles. The van der Waals surface area contributed by atoms with E-state index in [2.05, 4.69) is 5.32 Å². The van der Waals surface area contributed by atoms with Crippen LogP contribution in [0.25, 0.3) is 5.69 Å². The van der Waals surface area contributed by atoms with Crippen molar-refractivity contribution in [2.75, 3.05) is 19.5 Å². The van der Waals surface area contributed by atoms with Crippen molar-refractivity contribution in [1.29, 1.82) is 0 Å². The van der Waals surface area contributed by atoms with Crippen molar-refractivity contribution in [3.8, 4) is 17.2 Å². The van der Waals surface area contributed by atoms with Crippen molar-refractivity contribution in [1.82, 2.24) is 4.57 Å². The molecule has 1 amide bonds. The smallest absolute Gasteiger partial charge is 0.224 e. The van der Waals surface area contributed by atoms with E-state index >= 15 is 0 Å². The summed E-state index contributed by atoms with van der Waals surface area (Å²) in [6.45, 7) is 0. The van der Waals surface area contributed by atoms with Crippen molar-refractivity contribution >= 4 is 11.6 Å². The number of amides is 1. The van der Waals surface area contributed by atoms with Crippen molar-refractivity contribution in [2.45, 2.75) is 12.8 Å². The molecule has 1 N–H and O–H groups in total. The molecule has 3 aromatic rings. The van der Waals surface area contributed by atoms with Crippen LogP contribution < -0.4 is 14.8 Å². The zero-order chi connectivity index (χ0) is 19.2. The van der Waals surface area contributed by atoms with Crippen LogP contribution in [0.15, 0.2) is 60.9 Å². The molecule has 0 bridgehead atoms. The van der Waals surface area contributed by atoms with Gasteiger partial charge in [0.05, 0.1) is 19.9 Å². The van der Waals surface area contributed by atoms with Gasteiger partial charge in [0.2, 0.25) is 5.91 Å². The molecule has 0 spiro atoms. The lowest BCUT2D eigenvalue weighted by Crippen LogP contribution is -2.14. The maximum Gasteiger partial charge on any atom is 0.224 e.